The first-order chi connectivity index (χ1) is 14.4. The van der Waals surface area contributed by atoms with Crippen LogP contribution in [-0.4, -0.2) is 72.2 Å². The molecule has 1 aromatic carbocycles. The summed E-state index contributed by atoms with van der Waals surface area (Å²) in [6, 6.07) is 9.87. The zero-order valence-corrected chi connectivity index (χ0v) is 16.9. The molecule has 1 N–H and O–H groups in total. The number of morpholine rings is 1. The SMILES string of the molecule is O=C(NCCSc1nnc(N2CCOCC2)n1Cc1ccccc1)OCC(F)(F)F. The maximum Gasteiger partial charge on any atom is 0.422 e. The van der Waals surface area contributed by atoms with Crippen molar-refractivity contribution in [1.82, 2.24) is 20.1 Å². The van der Waals surface area contributed by atoms with E-state index in [0.29, 0.717) is 43.8 Å². The summed E-state index contributed by atoms with van der Waals surface area (Å²) in [4.78, 5) is 13.4. The number of benzene rings is 1. The number of aromatic nitrogens is 3. The van der Waals surface area contributed by atoms with Gasteiger partial charge in [-0.3, -0.25) is 4.57 Å². The molecule has 0 radical (unpaired) electrons. The number of nitrogens with zero attached hydrogens (tertiary/aromatic N) is 4. The largest absolute Gasteiger partial charge is 0.440 e. The Labute approximate surface area is 175 Å². The lowest BCUT2D eigenvalue weighted by atomic mass is 10.2. The number of alkyl halides is 3. The normalized spacial score (nSPS) is 14.6. The third-order valence-corrected chi connectivity index (χ3v) is 5.11. The van der Waals surface area contributed by atoms with Gasteiger partial charge >= 0.3 is 12.3 Å². The van der Waals surface area contributed by atoms with E-state index in [1.165, 1.54) is 11.8 Å². The van der Waals surface area contributed by atoms with Crippen molar-refractivity contribution in [2.24, 2.45) is 0 Å². The van der Waals surface area contributed by atoms with E-state index >= 15 is 0 Å². The van der Waals surface area contributed by atoms with Crippen LogP contribution in [0.4, 0.5) is 23.9 Å². The molecule has 164 valence electrons. The van der Waals surface area contributed by atoms with E-state index in [4.69, 9.17) is 4.74 Å². The molecule has 0 aliphatic carbocycles. The quantitative estimate of drug-likeness (QED) is 0.494. The highest BCUT2D eigenvalue weighted by molar-refractivity contribution is 7.99. The van der Waals surface area contributed by atoms with Gasteiger partial charge in [0.25, 0.3) is 0 Å². The van der Waals surface area contributed by atoms with Crippen molar-refractivity contribution in [2.45, 2.75) is 17.9 Å². The number of carbonyl (C=O) groups is 1. The zero-order valence-electron chi connectivity index (χ0n) is 16.1. The predicted octanol–water partition coefficient (Wildman–Crippen LogP) is 2.54. The van der Waals surface area contributed by atoms with Crippen LogP contribution in [0.2, 0.25) is 0 Å². The second kappa shape index (κ2) is 10.5. The minimum atomic E-state index is -4.55. The molecule has 8 nitrogen and oxygen atoms in total. The minimum Gasteiger partial charge on any atom is -0.440 e. The smallest absolute Gasteiger partial charge is 0.422 e. The second-order valence-electron chi connectivity index (χ2n) is 6.42. The van der Waals surface area contributed by atoms with E-state index in [-0.39, 0.29) is 6.54 Å². The molecule has 3 rings (SSSR count). The van der Waals surface area contributed by atoms with Crippen molar-refractivity contribution < 1.29 is 27.4 Å². The number of amides is 1. The Morgan fingerprint density at radius 3 is 2.63 bits per heavy atom. The number of anilines is 1. The molecule has 1 saturated heterocycles. The van der Waals surface area contributed by atoms with Crippen LogP contribution in [0.25, 0.3) is 0 Å². The third-order valence-electron chi connectivity index (χ3n) is 4.14. The first kappa shape index (κ1) is 22.2. The Hall–Kier alpha value is -2.47. The number of ether oxygens (including phenoxy) is 2. The van der Waals surface area contributed by atoms with Crippen molar-refractivity contribution in [3.63, 3.8) is 0 Å². The highest BCUT2D eigenvalue weighted by Crippen LogP contribution is 2.24. The van der Waals surface area contributed by atoms with E-state index in [9.17, 15) is 18.0 Å². The lowest BCUT2D eigenvalue weighted by molar-refractivity contribution is -0.160. The maximum atomic E-state index is 12.1. The number of rotatable bonds is 8. The van der Waals surface area contributed by atoms with Gasteiger partial charge in [0.05, 0.1) is 19.8 Å². The molecule has 0 spiro atoms. The van der Waals surface area contributed by atoms with Crippen molar-refractivity contribution >= 4 is 23.8 Å². The highest BCUT2D eigenvalue weighted by atomic mass is 32.2. The van der Waals surface area contributed by atoms with Crippen molar-refractivity contribution in [3.8, 4) is 0 Å². The summed E-state index contributed by atoms with van der Waals surface area (Å²) in [7, 11) is 0. The fourth-order valence-corrected chi connectivity index (χ4v) is 3.57. The Kier molecular flexibility index (Phi) is 7.80. The lowest BCUT2D eigenvalue weighted by Gasteiger charge is -2.28. The number of carbonyl (C=O) groups excluding carboxylic acids is 1. The van der Waals surface area contributed by atoms with Crippen molar-refractivity contribution in [3.05, 3.63) is 35.9 Å². The maximum absolute atomic E-state index is 12.1. The van der Waals surface area contributed by atoms with Gasteiger partial charge in [0, 0.05) is 25.4 Å². The topological polar surface area (TPSA) is 81.5 Å². The van der Waals surface area contributed by atoms with Gasteiger partial charge in [-0.15, -0.1) is 10.2 Å². The zero-order chi connectivity index (χ0) is 21.4. The number of thioether (sulfide) groups is 1. The minimum absolute atomic E-state index is 0.131. The molecule has 0 atom stereocenters. The van der Waals surface area contributed by atoms with E-state index in [1.807, 2.05) is 34.9 Å². The Balaban J connectivity index is 1.59. The van der Waals surface area contributed by atoms with Crippen LogP contribution < -0.4 is 10.2 Å². The number of hydrogen-bond donors (Lipinski definition) is 1. The van der Waals surface area contributed by atoms with Gasteiger partial charge in [-0.05, 0) is 5.56 Å². The summed E-state index contributed by atoms with van der Waals surface area (Å²) in [6.07, 6.45) is -5.65. The van der Waals surface area contributed by atoms with Gasteiger partial charge in [0.2, 0.25) is 5.95 Å². The van der Waals surface area contributed by atoms with Crippen LogP contribution in [0.5, 0.6) is 0 Å². The van der Waals surface area contributed by atoms with Gasteiger partial charge in [-0.1, -0.05) is 42.1 Å². The van der Waals surface area contributed by atoms with Crippen LogP contribution >= 0.6 is 11.8 Å². The molecule has 30 heavy (non-hydrogen) atoms. The summed E-state index contributed by atoms with van der Waals surface area (Å²) in [5.41, 5.74) is 1.09. The van der Waals surface area contributed by atoms with E-state index < -0.39 is 18.9 Å². The summed E-state index contributed by atoms with van der Waals surface area (Å²) < 4.78 is 47.7. The standard InChI is InChI=1S/C18H22F3N5O3S/c19-18(20,21)13-29-17(27)22-6-11-30-16-24-23-15(25-7-9-28-10-8-25)26(16)12-14-4-2-1-3-5-14/h1-5H,6-13H2,(H,22,27). The molecular formula is C18H22F3N5O3S. The number of nitrogens with one attached hydrogen (secondary N) is 1. The molecule has 2 heterocycles. The molecule has 1 amide bonds. The average molecular weight is 445 g/mol. The Morgan fingerprint density at radius 1 is 1.20 bits per heavy atom. The first-order valence-corrected chi connectivity index (χ1v) is 10.3. The molecule has 0 bridgehead atoms. The molecule has 12 heteroatoms. The Bertz CT molecular complexity index is 813. The summed E-state index contributed by atoms with van der Waals surface area (Å²) >= 11 is 1.36. The predicted molar refractivity (Wildman–Crippen MR) is 105 cm³/mol. The second-order valence-corrected chi connectivity index (χ2v) is 7.48. The van der Waals surface area contributed by atoms with Gasteiger partial charge < -0.3 is 19.7 Å². The third kappa shape index (κ3) is 6.80. The van der Waals surface area contributed by atoms with Crippen LogP contribution in [0.15, 0.2) is 35.5 Å². The van der Waals surface area contributed by atoms with Gasteiger partial charge in [0.15, 0.2) is 11.8 Å². The van der Waals surface area contributed by atoms with Crippen molar-refractivity contribution in [2.75, 3.05) is 50.1 Å². The molecular weight excluding hydrogens is 423 g/mol. The first-order valence-electron chi connectivity index (χ1n) is 9.32. The molecule has 1 aliphatic rings. The molecule has 0 unspecified atom stereocenters. The van der Waals surface area contributed by atoms with Crippen LogP contribution in [0.1, 0.15) is 5.56 Å². The van der Waals surface area contributed by atoms with E-state index in [0.717, 1.165) is 11.5 Å². The number of alkyl carbamates (subject to hydrolysis) is 1. The highest BCUT2D eigenvalue weighted by Gasteiger charge is 2.29. The number of hydrogen-bond acceptors (Lipinski definition) is 7. The summed E-state index contributed by atoms with van der Waals surface area (Å²) in [6.45, 7) is 1.75. The van der Waals surface area contributed by atoms with Gasteiger partial charge in [-0.25, -0.2) is 4.79 Å². The number of halogens is 3. The lowest BCUT2D eigenvalue weighted by Crippen LogP contribution is -2.38. The van der Waals surface area contributed by atoms with Crippen LogP contribution in [0, 0.1) is 0 Å². The fraction of sp³-hybridized carbons (Fsp3) is 0.500. The van der Waals surface area contributed by atoms with Crippen LogP contribution in [-0.2, 0) is 16.0 Å². The van der Waals surface area contributed by atoms with Crippen LogP contribution in [0.3, 0.4) is 0 Å². The fourth-order valence-electron chi connectivity index (χ4n) is 2.78. The molecule has 1 aromatic heterocycles. The summed E-state index contributed by atoms with van der Waals surface area (Å²) in [5.74, 6) is 1.14. The monoisotopic (exact) mass is 445 g/mol. The molecule has 1 fully saturated rings. The van der Waals surface area contributed by atoms with E-state index in [2.05, 4.69) is 25.2 Å². The van der Waals surface area contributed by atoms with Crippen molar-refractivity contribution in [1.29, 1.82) is 0 Å². The molecule has 2 aromatic rings. The van der Waals surface area contributed by atoms with E-state index in [1.54, 1.807) is 0 Å². The summed E-state index contributed by atoms with van der Waals surface area (Å²) in [5, 5.41) is 11.6. The molecule has 1 aliphatic heterocycles. The Morgan fingerprint density at radius 2 is 1.93 bits per heavy atom. The molecule has 0 saturated carbocycles. The van der Waals surface area contributed by atoms with Gasteiger partial charge in [-0.2, -0.15) is 13.2 Å². The van der Waals surface area contributed by atoms with Gasteiger partial charge in [0.1, 0.15) is 0 Å². The average Bonchev–Trinajstić information content (AvgIpc) is 3.13.